The number of carbonyl (C=O) groups is 1. The molecule has 8 heteroatoms. The predicted octanol–water partition coefficient (Wildman–Crippen LogP) is 4.64. The number of aromatic nitrogens is 2. The second kappa shape index (κ2) is 10.3. The molecule has 0 radical (unpaired) electrons. The molecule has 0 bridgehead atoms. The fourth-order valence-corrected chi connectivity index (χ4v) is 6.58. The smallest absolute Gasteiger partial charge is 0.243 e. The number of fused-ring (bicyclic) bond motifs is 1. The van der Waals surface area contributed by atoms with Gasteiger partial charge in [-0.25, -0.2) is 13.4 Å². The Balaban J connectivity index is 1.26. The third kappa shape index (κ3) is 5.33. The van der Waals surface area contributed by atoms with Crippen LogP contribution < -0.4 is 5.32 Å². The summed E-state index contributed by atoms with van der Waals surface area (Å²) in [6.45, 7) is 1.26. The summed E-state index contributed by atoms with van der Waals surface area (Å²) in [4.78, 5) is 20.9. The lowest BCUT2D eigenvalue weighted by Crippen LogP contribution is -2.45. The van der Waals surface area contributed by atoms with Crippen molar-refractivity contribution in [2.24, 2.45) is 5.92 Å². The van der Waals surface area contributed by atoms with Crippen LogP contribution in [0, 0.1) is 5.92 Å². The normalized spacial score (nSPS) is 19.4. The van der Waals surface area contributed by atoms with Crippen molar-refractivity contribution in [2.45, 2.75) is 49.8 Å². The van der Waals surface area contributed by atoms with Gasteiger partial charge in [0.15, 0.2) is 0 Å². The molecule has 1 atom stereocenters. The number of rotatable bonds is 7. The number of nitrogens with one attached hydrogen (secondary N) is 2. The Morgan fingerprint density at radius 1 is 1.11 bits per heavy atom. The number of piperidine rings is 1. The monoisotopic (exact) mass is 492 g/mol. The molecular weight excluding hydrogens is 460 g/mol. The van der Waals surface area contributed by atoms with Gasteiger partial charge in [0.05, 0.1) is 21.8 Å². The summed E-state index contributed by atoms with van der Waals surface area (Å²) in [6.07, 6.45) is 9.30. The molecule has 1 aliphatic carbocycles. The van der Waals surface area contributed by atoms with Gasteiger partial charge in [-0.3, -0.25) is 4.79 Å². The van der Waals surface area contributed by atoms with Crippen LogP contribution in [0.2, 0.25) is 0 Å². The van der Waals surface area contributed by atoms with E-state index in [0.29, 0.717) is 42.8 Å². The van der Waals surface area contributed by atoms with Crippen LogP contribution in [0.15, 0.2) is 65.1 Å². The first kappa shape index (κ1) is 23.8. The summed E-state index contributed by atoms with van der Waals surface area (Å²) < 4.78 is 28.4. The molecule has 1 fully saturated rings. The fourth-order valence-electron chi connectivity index (χ4n) is 5.03. The molecule has 2 aliphatic rings. The summed E-state index contributed by atoms with van der Waals surface area (Å²) in [5, 5.41) is 3.04. The highest BCUT2D eigenvalue weighted by molar-refractivity contribution is 7.89. The van der Waals surface area contributed by atoms with E-state index in [1.807, 2.05) is 30.3 Å². The Kier molecular flexibility index (Phi) is 7.02. The van der Waals surface area contributed by atoms with Crippen molar-refractivity contribution in [3.63, 3.8) is 0 Å². The Morgan fingerprint density at radius 2 is 1.97 bits per heavy atom. The van der Waals surface area contributed by atoms with Crippen molar-refractivity contribution in [2.75, 3.05) is 19.6 Å². The van der Waals surface area contributed by atoms with Crippen LogP contribution in [0.4, 0.5) is 0 Å². The molecule has 3 aromatic rings. The maximum atomic E-state index is 13.4. The molecule has 35 heavy (non-hydrogen) atoms. The van der Waals surface area contributed by atoms with Crippen molar-refractivity contribution in [3.05, 3.63) is 60.2 Å². The molecule has 1 amide bonds. The van der Waals surface area contributed by atoms with E-state index in [1.165, 1.54) is 22.7 Å². The average Bonchev–Trinajstić information content (AvgIpc) is 3.33. The summed E-state index contributed by atoms with van der Waals surface area (Å²) >= 11 is 0. The zero-order chi connectivity index (χ0) is 24.3. The molecule has 184 valence electrons. The van der Waals surface area contributed by atoms with E-state index < -0.39 is 10.0 Å². The maximum absolute atomic E-state index is 13.4. The molecule has 2 heterocycles. The van der Waals surface area contributed by atoms with Gasteiger partial charge in [0.2, 0.25) is 15.9 Å². The molecule has 0 spiro atoms. The van der Waals surface area contributed by atoms with Crippen LogP contribution in [-0.4, -0.2) is 48.2 Å². The van der Waals surface area contributed by atoms with Crippen LogP contribution >= 0.6 is 0 Å². The lowest BCUT2D eigenvalue weighted by molar-refractivity contribution is -0.126. The van der Waals surface area contributed by atoms with Crippen molar-refractivity contribution >= 4 is 27.0 Å². The Labute approximate surface area is 206 Å². The van der Waals surface area contributed by atoms with E-state index in [-0.39, 0.29) is 23.3 Å². The number of carbonyl (C=O) groups excluding carboxylic acids is 1. The van der Waals surface area contributed by atoms with Crippen LogP contribution in [-0.2, 0) is 14.8 Å². The van der Waals surface area contributed by atoms with Crippen LogP contribution in [0.25, 0.3) is 22.4 Å². The quantitative estimate of drug-likeness (QED) is 0.470. The summed E-state index contributed by atoms with van der Waals surface area (Å²) in [6, 6.07) is 14.7. The van der Waals surface area contributed by atoms with Crippen LogP contribution in [0.1, 0.15) is 44.9 Å². The summed E-state index contributed by atoms with van der Waals surface area (Å²) in [5.74, 6) is 0.339. The molecule has 0 unspecified atom stereocenters. The van der Waals surface area contributed by atoms with Gasteiger partial charge >= 0.3 is 0 Å². The van der Waals surface area contributed by atoms with Gasteiger partial charge < -0.3 is 10.3 Å². The molecule has 1 aromatic heterocycles. The first-order valence-electron chi connectivity index (χ1n) is 12.5. The van der Waals surface area contributed by atoms with Crippen molar-refractivity contribution in [1.82, 2.24) is 19.6 Å². The van der Waals surface area contributed by atoms with Crippen LogP contribution in [0.5, 0.6) is 0 Å². The molecule has 7 nitrogen and oxygen atoms in total. The van der Waals surface area contributed by atoms with Gasteiger partial charge in [0.1, 0.15) is 5.82 Å². The third-order valence-electron chi connectivity index (χ3n) is 7.02. The Morgan fingerprint density at radius 3 is 2.77 bits per heavy atom. The summed E-state index contributed by atoms with van der Waals surface area (Å²) in [5.41, 5.74) is 3.76. The first-order chi connectivity index (χ1) is 17.0. The average molecular weight is 493 g/mol. The molecule has 2 N–H and O–H groups in total. The highest BCUT2D eigenvalue weighted by atomic mass is 32.2. The highest BCUT2D eigenvalue weighted by Crippen LogP contribution is 2.27. The standard InChI is InChI=1S/C27H32N4O3S/c32-27(28-16-15-20-8-3-1-4-9-20)22-12-7-17-31(19-22)35(33,34)23-13-14-24-25(18-23)30-26(29-24)21-10-5-2-6-11-21/h2,5-6,8,10-11,13-14,18,22H,1,3-4,7,9,12,15-17,19H2,(H,28,32)(H,29,30)/t22-/m0/s1. The number of sulfonamides is 1. The number of benzene rings is 2. The number of hydrogen-bond donors (Lipinski definition) is 2. The number of amides is 1. The third-order valence-corrected chi connectivity index (χ3v) is 8.88. The number of imidazole rings is 1. The zero-order valence-corrected chi connectivity index (χ0v) is 20.7. The number of nitrogens with zero attached hydrogens (tertiary/aromatic N) is 2. The van der Waals surface area contributed by atoms with Crippen molar-refractivity contribution in [3.8, 4) is 11.4 Å². The number of hydrogen-bond acceptors (Lipinski definition) is 4. The van der Waals surface area contributed by atoms with E-state index in [1.54, 1.807) is 18.2 Å². The first-order valence-corrected chi connectivity index (χ1v) is 14.0. The summed E-state index contributed by atoms with van der Waals surface area (Å²) in [7, 11) is -3.72. The maximum Gasteiger partial charge on any atom is 0.243 e. The molecule has 1 saturated heterocycles. The number of aromatic amines is 1. The lowest BCUT2D eigenvalue weighted by atomic mass is 9.96. The van der Waals surface area contributed by atoms with E-state index in [9.17, 15) is 13.2 Å². The Bertz CT molecular complexity index is 1330. The van der Waals surface area contributed by atoms with Gasteiger partial charge in [-0.15, -0.1) is 0 Å². The van der Waals surface area contributed by atoms with E-state index in [0.717, 1.165) is 24.8 Å². The Hall–Kier alpha value is -2.97. The van der Waals surface area contributed by atoms with E-state index in [2.05, 4.69) is 21.4 Å². The minimum atomic E-state index is -3.72. The molecule has 1 aliphatic heterocycles. The fraction of sp³-hybridized carbons (Fsp3) is 0.407. The van der Waals surface area contributed by atoms with Gasteiger partial charge in [0, 0.05) is 25.2 Å². The van der Waals surface area contributed by atoms with E-state index in [4.69, 9.17) is 0 Å². The predicted molar refractivity (Wildman–Crippen MR) is 137 cm³/mol. The van der Waals surface area contributed by atoms with Crippen molar-refractivity contribution in [1.29, 1.82) is 0 Å². The number of H-pyrrole nitrogens is 1. The minimum absolute atomic E-state index is 0.0437. The van der Waals surface area contributed by atoms with Crippen molar-refractivity contribution < 1.29 is 13.2 Å². The largest absolute Gasteiger partial charge is 0.356 e. The lowest BCUT2D eigenvalue weighted by Gasteiger charge is -2.31. The van der Waals surface area contributed by atoms with Gasteiger partial charge in [-0.05, 0) is 63.1 Å². The molecule has 2 aromatic carbocycles. The van der Waals surface area contributed by atoms with Gasteiger partial charge in [-0.2, -0.15) is 4.31 Å². The molecular formula is C27H32N4O3S. The number of allylic oxidation sites excluding steroid dienone is 1. The molecule has 0 saturated carbocycles. The minimum Gasteiger partial charge on any atom is -0.356 e. The van der Waals surface area contributed by atoms with Crippen LogP contribution in [0.3, 0.4) is 0 Å². The zero-order valence-electron chi connectivity index (χ0n) is 19.9. The molecule has 5 rings (SSSR count). The second-order valence-electron chi connectivity index (χ2n) is 9.48. The highest BCUT2D eigenvalue weighted by Gasteiger charge is 2.33. The van der Waals surface area contributed by atoms with Gasteiger partial charge in [-0.1, -0.05) is 42.0 Å². The second-order valence-corrected chi connectivity index (χ2v) is 11.4. The topological polar surface area (TPSA) is 95.2 Å². The van der Waals surface area contributed by atoms with E-state index >= 15 is 0 Å². The van der Waals surface area contributed by atoms with Gasteiger partial charge in [0.25, 0.3) is 0 Å². The SMILES string of the molecule is O=C(NCCC1=CCCCC1)[C@H]1CCCN(S(=O)(=O)c2ccc3nc(-c4ccccc4)[nH]c3c2)C1.